The van der Waals surface area contributed by atoms with Crippen molar-refractivity contribution >= 4 is 38.9 Å². The minimum absolute atomic E-state index is 0.103. The van der Waals surface area contributed by atoms with Gasteiger partial charge in [-0.15, -0.1) is 0 Å². The highest BCUT2D eigenvalue weighted by molar-refractivity contribution is 6.09. The zero-order valence-electron chi connectivity index (χ0n) is 37.0. The molecule has 0 saturated heterocycles. The Morgan fingerprint density at radius 1 is 0.364 bits per heavy atom. The fourth-order valence-electron chi connectivity index (χ4n) is 13.9. The first-order valence-electron chi connectivity index (χ1n) is 24.2. The number of hydrogen-bond acceptors (Lipinski definition) is 1. The summed E-state index contributed by atoms with van der Waals surface area (Å²) in [7, 11) is 0. The lowest BCUT2D eigenvalue weighted by Gasteiger charge is -2.61. The normalized spacial score (nSPS) is 21.1. The molecule has 2 heteroatoms. The van der Waals surface area contributed by atoms with Crippen molar-refractivity contribution in [2.24, 2.45) is 23.7 Å². The first-order valence-corrected chi connectivity index (χ1v) is 24.2. The topological polar surface area (TPSA) is 8.17 Å². The number of fused-ring (bicyclic) bond motifs is 6. The molecule has 5 aliphatic rings. The molecule has 0 N–H and O–H groups in total. The summed E-state index contributed by atoms with van der Waals surface area (Å²) < 4.78 is 2.39. The highest BCUT2D eigenvalue weighted by Gasteiger charge is 2.61. The highest BCUT2D eigenvalue weighted by atomic mass is 15.1. The van der Waals surface area contributed by atoms with Crippen LogP contribution in [0.15, 0.2) is 218 Å². The zero-order chi connectivity index (χ0) is 43.3. The van der Waals surface area contributed by atoms with Crippen molar-refractivity contribution in [1.29, 1.82) is 0 Å². The number of para-hydroxylation sites is 2. The number of hydrogen-bond donors (Lipinski definition) is 0. The molecule has 2 nitrogen and oxygen atoms in total. The van der Waals surface area contributed by atoms with Gasteiger partial charge in [-0.25, -0.2) is 0 Å². The van der Waals surface area contributed by atoms with Crippen LogP contribution in [-0.2, 0) is 5.41 Å². The molecule has 1 aromatic heterocycles. The van der Waals surface area contributed by atoms with Crippen LogP contribution in [-0.4, -0.2) is 4.57 Å². The summed E-state index contributed by atoms with van der Waals surface area (Å²) in [6, 6.07) is 81.6. The molecular formula is C64H50N2. The van der Waals surface area contributed by atoms with Gasteiger partial charge < -0.3 is 9.47 Å². The first kappa shape index (κ1) is 37.9. The maximum Gasteiger partial charge on any atom is 0.0543 e. The molecule has 15 rings (SSSR count). The Morgan fingerprint density at radius 3 is 1.36 bits per heavy atom. The number of anilines is 3. The molecule has 1 heterocycles. The molecule has 4 bridgehead atoms. The summed E-state index contributed by atoms with van der Waals surface area (Å²) in [4.78, 5) is 2.54. The van der Waals surface area contributed by atoms with E-state index in [0.29, 0.717) is 11.8 Å². The molecule has 10 aromatic rings. The molecule has 4 saturated carbocycles. The average molecular weight is 847 g/mol. The van der Waals surface area contributed by atoms with Crippen LogP contribution < -0.4 is 4.90 Å². The van der Waals surface area contributed by atoms with E-state index in [9.17, 15) is 0 Å². The van der Waals surface area contributed by atoms with Gasteiger partial charge in [-0.2, -0.15) is 0 Å². The third-order valence-electron chi connectivity index (χ3n) is 16.4. The van der Waals surface area contributed by atoms with Crippen molar-refractivity contribution in [2.45, 2.75) is 37.5 Å². The smallest absolute Gasteiger partial charge is 0.0543 e. The molecule has 0 atom stereocenters. The molecule has 9 aromatic carbocycles. The quantitative estimate of drug-likeness (QED) is 0.155. The van der Waals surface area contributed by atoms with E-state index in [1.807, 2.05) is 0 Å². The third-order valence-corrected chi connectivity index (χ3v) is 16.4. The molecule has 316 valence electrons. The van der Waals surface area contributed by atoms with Crippen molar-refractivity contribution in [1.82, 2.24) is 4.57 Å². The number of benzene rings is 9. The van der Waals surface area contributed by atoms with Crippen molar-refractivity contribution in [3.05, 3.63) is 230 Å². The van der Waals surface area contributed by atoms with Gasteiger partial charge in [0.2, 0.25) is 0 Å². The minimum atomic E-state index is 0.103. The third kappa shape index (κ3) is 5.67. The van der Waals surface area contributed by atoms with Crippen LogP contribution in [0, 0.1) is 23.7 Å². The molecule has 66 heavy (non-hydrogen) atoms. The van der Waals surface area contributed by atoms with Gasteiger partial charge in [-0.1, -0.05) is 164 Å². The lowest BCUT2D eigenvalue weighted by Crippen LogP contribution is -2.55. The van der Waals surface area contributed by atoms with E-state index in [1.54, 1.807) is 11.1 Å². The SMILES string of the molecule is c1ccc(-c2ccc(-c3ccc(N(c4ccc(-c5ccc(-n6c7ccccc7c7ccccc76)cc5)cc4)c4cccc5c4-c4ccccc4C54C5CC6CC(C5)CC4C6)cc3)cc2)cc1. The summed E-state index contributed by atoms with van der Waals surface area (Å²) in [6.45, 7) is 0. The Kier molecular flexibility index (Phi) is 8.50. The molecule has 4 fully saturated rings. The molecule has 0 unspecified atom stereocenters. The Bertz CT molecular complexity index is 3370. The second-order valence-electron chi connectivity index (χ2n) is 19.7. The van der Waals surface area contributed by atoms with Gasteiger partial charge in [0.15, 0.2) is 0 Å². The molecule has 0 amide bonds. The van der Waals surface area contributed by atoms with Crippen molar-refractivity contribution in [2.75, 3.05) is 4.90 Å². The maximum atomic E-state index is 2.54. The fourth-order valence-corrected chi connectivity index (χ4v) is 13.9. The van der Waals surface area contributed by atoms with Gasteiger partial charge >= 0.3 is 0 Å². The second-order valence-corrected chi connectivity index (χ2v) is 19.7. The fraction of sp³-hybridized carbons (Fsp3) is 0.156. The van der Waals surface area contributed by atoms with Crippen LogP contribution in [0.5, 0.6) is 0 Å². The Hall–Kier alpha value is -7.42. The highest BCUT2D eigenvalue weighted by Crippen LogP contribution is 2.70. The minimum Gasteiger partial charge on any atom is -0.310 e. The predicted octanol–water partition coefficient (Wildman–Crippen LogP) is 17.0. The summed E-state index contributed by atoms with van der Waals surface area (Å²) in [5.41, 5.74) is 20.7. The Balaban J connectivity index is 0.868. The largest absolute Gasteiger partial charge is 0.310 e. The van der Waals surface area contributed by atoms with Crippen LogP contribution in [0.25, 0.3) is 72.0 Å². The van der Waals surface area contributed by atoms with Gasteiger partial charge in [0.25, 0.3) is 0 Å². The van der Waals surface area contributed by atoms with Crippen LogP contribution in [0.3, 0.4) is 0 Å². The van der Waals surface area contributed by atoms with Gasteiger partial charge in [-0.3, -0.25) is 0 Å². The summed E-state index contributed by atoms with van der Waals surface area (Å²) in [5, 5.41) is 2.57. The van der Waals surface area contributed by atoms with E-state index in [2.05, 4.69) is 228 Å². The Morgan fingerprint density at radius 2 is 0.803 bits per heavy atom. The van der Waals surface area contributed by atoms with Crippen molar-refractivity contribution < 1.29 is 0 Å². The molecule has 0 aliphatic heterocycles. The van der Waals surface area contributed by atoms with Crippen LogP contribution >= 0.6 is 0 Å². The van der Waals surface area contributed by atoms with Crippen LogP contribution in [0.4, 0.5) is 17.1 Å². The standard InChI is InChI=1S/C64H50N2/c1-2-11-44(12-3-1)45-21-23-46(24-22-45)47-25-31-52(32-26-47)65(62-20-10-17-59-63(62)57-15-4-7-16-58(57)64(59)50-38-42-37-43(40-50)41-51(64)39-42)53-33-27-48(28-34-53)49-29-35-54(36-30-49)66-60-18-8-5-13-55(60)56-14-6-9-19-61(56)66/h1-36,42-43,50-51H,37-41H2. The summed E-state index contributed by atoms with van der Waals surface area (Å²) in [6.07, 6.45) is 6.97. The van der Waals surface area contributed by atoms with Gasteiger partial charge in [0.1, 0.15) is 0 Å². The van der Waals surface area contributed by atoms with Crippen LogP contribution in [0.1, 0.15) is 43.2 Å². The first-order chi connectivity index (χ1) is 32.7. The predicted molar refractivity (Wildman–Crippen MR) is 275 cm³/mol. The van der Waals surface area contributed by atoms with E-state index in [1.165, 1.54) is 115 Å². The second kappa shape index (κ2) is 14.8. The van der Waals surface area contributed by atoms with Gasteiger partial charge in [0, 0.05) is 38.8 Å². The summed E-state index contributed by atoms with van der Waals surface area (Å²) >= 11 is 0. The lowest BCUT2D eigenvalue weighted by molar-refractivity contribution is -0.0399. The summed E-state index contributed by atoms with van der Waals surface area (Å²) in [5.74, 6) is 3.25. The van der Waals surface area contributed by atoms with E-state index in [0.717, 1.165) is 17.5 Å². The van der Waals surface area contributed by atoms with Crippen molar-refractivity contribution in [3.63, 3.8) is 0 Å². The van der Waals surface area contributed by atoms with E-state index >= 15 is 0 Å². The monoisotopic (exact) mass is 846 g/mol. The average Bonchev–Trinajstić information content (AvgIpc) is 3.88. The molecular weight excluding hydrogens is 797 g/mol. The molecule has 1 spiro atoms. The molecule has 0 radical (unpaired) electrons. The van der Waals surface area contributed by atoms with Gasteiger partial charge in [-0.05, 0) is 160 Å². The Labute approximate surface area is 387 Å². The maximum absolute atomic E-state index is 2.54. The number of aromatic nitrogens is 1. The van der Waals surface area contributed by atoms with E-state index < -0.39 is 0 Å². The lowest BCUT2D eigenvalue weighted by atomic mass is 9.43. The van der Waals surface area contributed by atoms with Crippen molar-refractivity contribution in [3.8, 4) is 50.2 Å². The number of nitrogens with zero attached hydrogens (tertiary/aromatic N) is 2. The zero-order valence-corrected chi connectivity index (χ0v) is 37.0. The van der Waals surface area contributed by atoms with E-state index in [4.69, 9.17) is 0 Å². The van der Waals surface area contributed by atoms with Gasteiger partial charge in [0.05, 0.1) is 16.7 Å². The van der Waals surface area contributed by atoms with Crippen LogP contribution in [0.2, 0.25) is 0 Å². The van der Waals surface area contributed by atoms with E-state index in [-0.39, 0.29) is 5.41 Å². The molecule has 5 aliphatic carbocycles. The number of rotatable bonds is 7.